The van der Waals surface area contributed by atoms with Crippen molar-refractivity contribution in [1.29, 1.82) is 5.26 Å². The van der Waals surface area contributed by atoms with Crippen LogP contribution in [0.5, 0.6) is 11.5 Å². The molecular weight excluding hydrogens is 350 g/mol. The van der Waals surface area contributed by atoms with E-state index in [0.717, 1.165) is 22.6 Å². The van der Waals surface area contributed by atoms with E-state index < -0.39 is 11.8 Å². The van der Waals surface area contributed by atoms with Gasteiger partial charge in [-0.05, 0) is 35.4 Å². The molecule has 4 heteroatoms. The van der Waals surface area contributed by atoms with Crippen LogP contribution >= 0.6 is 0 Å². The van der Waals surface area contributed by atoms with Gasteiger partial charge in [0, 0.05) is 11.5 Å². The van der Waals surface area contributed by atoms with Crippen LogP contribution < -0.4 is 9.47 Å². The number of hydrogen-bond acceptors (Lipinski definition) is 4. The molecule has 0 radical (unpaired) electrons. The molecule has 0 aliphatic heterocycles. The Bertz CT molecular complexity index is 910. The van der Waals surface area contributed by atoms with E-state index in [1.54, 1.807) is 38.5 Å². The van der Waals surface area contributed by atoms with Gasteiger partial charge in [-0.15, -0.1) is 0 Å². The maximum Gasteiger partial charge on any atom is 0.180 e. The van der Waals surface area contributed by atoms with Gasteiger partial charge in [0.2, 0.25) is 0 Å². The average Bonchev–Trinajstić information content (AvgIpc) is 2.78. The topological polar surface area (TPSA) is 59.3 Å². The third kappa shape index (κ3) is 4.05. The largest absolute Gasteiger partial charge is 0.497 e. The van der Waals surface area contributed by atoms with Gasteiger partial charge in [0.1, 0.15) is 17.4 Å². The number of methoxy groups -OCH3 is 2. The monoisotopic (exact) mass is 371 g/mol. The lowest BCUT2D eigenvalue weighted by Crippen LogP contribution is -2.22. The molecule has 1 atom stereocenters. The Morgan fingerprint density at radius 3 is 1.64 bits per heavy atom. The van der Waals surface area contributed by atoms with E-state index in [-0.39, 0.29) is 5.78 Å². The molecule has 3 aromatic rings. The first-order valence-corrected chi connectivity index (χ1v) is 8.94. The van der Waals surface area contributed by atoms with Crippen LogP contribution in [0, 0.1) is 17.2 Å². The van der Waals surface area contributed by atoms with Gasteiger partial charge in [0.25, 0.3) is 0 Å². The molecule has 0 aliphatic carbocycles. The van der Waals surface area contributed by atoms with E-state index in [4.69, 9.17) is 9.47 Å². The Kier molecular flexibility index (Phi) is 6.08. The van der Waals surface area contributed by atoms with E-state index in [0.29, 0.717) is 5.56 Å². The van der Waals surface area contributed by atoms with Gasteiger partial charge in [0.15, 0.2) is 5.78 Å². The van der Waals surface area contributed by atoms with Crippen LogP contribution in [0.2, 0.25) is 0 Å². The molecule has 0 heterocycles. The second-order valence-electron chi connectivity index (χ2n) is 6.36. The number of ketones is 1. The van der Waals surface area contributed by atoms with Gasteiger partial charge in [-0.1, -0.05) is 54.6 Å². The molecule has 4 nitrogen and oxygen atoms in total. The number of ether oxygens (including phenoxy) is 2. The van der Waals surface area contributed by atoms with Crippen molar-refractivity contribution >= 4 is 5.78 Å². The van der Waals surface area contributed by atoms with E-state index in [1.165, 1.54) is 0 Å². The number of nitriles is 1. The first-order chi connectivity index (χ1) is 13.7. The van der Waals surface area contributed by atoms with Gasteiger partial charge in [0.05, 0.1) is 20.3 Å². The standard InChI is InChI=1S/C24H21NO3/c1-27-20-12-8-17(9-13-20)23(18-10-14-21(28-2)15-11-18)22(16-25)24(26)19-6-4-3-5-7-19/h3-15,22-23H,1-2H3. The lowest BCUT2D eigenvalue weighted by Gasteiger charge is -2.23. The van der Waals surface area contributed by atoms with E-state index >= 15 is 0 Å². The van der Waals surface area contributed by atoms with Crippen molar-refractivity contribution in [2.45, 2.75) is 5.92 Å². The highest BCUT2D eigenvalue weighted by Crippen LogP contribution is 2.35. The van der Waals surface area contributed by atoms with Crippen molar-refractivity contribution in [3.8, 4) is 17.6 Å². The smallest absolute Gasteiger partial charge is 0.180 e. The van der Waals surface area contributed by atoms with Crippen molar-refractivity contribution in [3.63, 3.8) is 0 Å². The summed E-state index contributed by atoms with van der Waals surface area (Å²) in [5, 5.41) is 9.93. The molecule has 28 heavy (non-hydrogen) atoms. The van der Waals surface area contributed by atoms with Crippen molar-refractivity contribution < 1.29 is 14.3 Å². The number of benzene rings is 3. The number of hydrogen-bond donors (Lipinski definition) is 0. The molecule has 0 N–H and O–H groups in total. The fourth-order valence-corrected chi connectivity index (χ4v) is 3.27. The third-order valence-electron chi connectivity index (χ3n) is 4.76. The highest BCUT2D eigenvalue weighted by molar-refractivity contribution is 6.00. The highest BCUT2D eigenvalue weighted by Gasteiger charge is 2.31. The molecule has 0 saturated heterocycles. The summed E-state index contributed by atoms with van der Waals surface area (Å²) in [5.41, 5.74) is 2.28. The van der Waals surface area contributed by atoms with Crippen molar-refractivity contribution in [3.05, 3.63) is 95.6 Å². The average molecular weight is 371 g/mol. The summed E-state index contributed by atoms with van der Waals surface area (Å²) in [6.07, 6.45) is 0. The van der Waals surface area contributed by atoms with E-state index in [1.807, 2.05) is 54.6 Å². The number of rotatable bonds is 7. The lowest BCUT2D eigenvalue weighted by molar-refractivity contribution is 0.0940. The minimum Gasteiger partial charge on any atom is -0.497 e. The van der Waals surface area contributed by atoms with Gasteiger partial charge in [-0.2, -0.15) is 5.26 Å². The van der Waals surface area contributed by atoms with Crippen molar-refractivity contribution in [1.82, 2.24) is 0 Å². The molecule has 140 valence electrons. The molecule has 0 amide bonds. The van der Waals surface area contributed by atoms with Crippen LogP contribution in [-0.2, 0) is 0 Å². The Morgan fingerprint density at radius 2 is 1.25 bits per heavy atom. The van der Waals surface area contributed by atoms with Crippen molar-refractivity contribution in [2.75, 3.05) is 14.2 Å². The molecule has 0 aliphatic rings. The minimum absolute atomic E-state index is 0.195. The summed E-state index contributed by atoms with van der Waals surface area (Å²) in [7, 11) is 3.21. The fraction of sp³-hybridized carbons (Fsp3) is 0.167. The van der Waals surface area contributed by atoms with Crippen LogP contribution in [0.25, 0.3) is 0 Å². The lowest BCUT2D eigenvalue weighted by atomic mass is 9.78. The Hall–Kier alpha value is -3.58. The Morgan fingerprint density at radius 1 is 0.786 bits per heavy atom. The summed E-state index contributed by atoms with van der Waals surface area (Å²) in [5.74, 6) is -0.0151. The first kappa shape index (κ1) is 19.2. The number of Topliss-reactive ketones (excluding diaryl/α,β-unsaturated/α-hetero) is 1. The summed E-state index contributed by atoms with van der Waals surface area (Å²) in [6, 6.07) is 26.1. The minimum atomic E-state index is -0.857. The van der Waals surface area contributed by atoms with Crippen LogP contribution in [0.1, 0.15) is 27.4 Å². The second kappa shape index (κ2) is 8.88. The summed E-state index contributed by atoms with van der Waals surface area (Å²) in [4.78, 5) is 13.1. The molecule has 0 fully saturated rings. The normalized spacial score (nSPS) is 11.5. The zero-order valence-electron chi connectivity index (χ0n) is 15.8. The summed E-state index contributed by atoms with van der Waals surface area (Å²) >= 11 is 0. The molecular formula is C24H21NO3. The maximum atomic E-state index is 13.1. The van der Waals surface area contributed by atoms with Crippen molar-refractivity contribution in [2.24, 2.45) is 5.92 Å². The van der Waals surface area contributed by atoms with Gasteiger partial charge in [-0.25, -0.2) is 0 Å². The fourth-order valence-electron chi connectivity index (χ4n) is 3.27. The van der Waals surface area contributed by atoms with Gasteiger partial charge >= 0.3 is 0 Å². The molecule has 0 spiro atoms. The second-order valence-corrected chi connectivity index (χ2v) is 6.36. The summed E-state index contributed by atoms with van der Waals surface area (Å²) < 4.78 is 10.5. The van der Waals surface area contributed by atoms with Gasteiger partial charge in [-0.3, -0.25) is 4.79 Å². The quantitative estimate of drug-likeness (QED) is 0.557. The SMILES string of the molecule is COc1ccc(C(c2ccc(OC)cc2)C(C#N)C(=O)c2ccccc2)cc1. The van der Waals surface area contributed by atoms with E-state index in [2.05, 4.69) is 6.07 Å². The van der Waals surface area contributed by atoms with Crippen LogP contribution in [0.4, 0.5) is 0 Å². The summed E-state index contributed by atoms with van der Waals surface area (Å²) in [6.45, 7) is 0. The maximum absolute atomic E-state index is 13.1. The molecule has 0 saturated carbocycles. The van der Waals surface area contributed by atoms with Crippen LogP contribution in [0.15, 0.2) is 78.9 Å². The molecule has 3 aromatic carbocycles. The molecule has 3 rings (SSSR count). The number of carbonyl (C=O) groups is 1. The number of nitrogens with zero attached hydrogens (tertiary/aromatic N) is 1. The molecule has 1 unspecified atom stereocenters. The zero-order valence-corrected chi connectivity index (χ0v) is 15.8. The first-order valence-electron chi connectivity index (χ1n) is 8.94. The molecule has 0 aromatic heterocycles. The number of carbonyl (C=O) groups excluding carboxylic acids is 1. The Balaban J connectivity index is 2.07. The predicted molar refractivity (Wildman–Crippen MR) is 108 cm³/mol. The molecule has 0 bridgehead atoms. The zero-order chi connectivity index (χ0) is 19.9. The van der Waals surface area contributed by atoms with Crippen LogP contribution in [-0.4, -0.2) is 20.0 Å². The Labute approximate surface area is 165 Å². The predicted octanol–water partition coefficient (Wildman–Crippen LogP) is 4.86. The highest BCUT2D eigenvalue weighted by atomic mass is 16.5. The third-order valence-corrected chi connectivity index (χ3v) is 4.76. The van der Waals surface area contributed by atoms with Gasteiger partial charge < -0.3 is 9.47 Å². The van der Waals surface area contributed by atoms with E-state index in [9.17, 15) is 10.1 Å². The van der Waals surface area contributed by atoms with Crippen LogP contribution in [0.3, 0.4) is 0 Å².